The van der Waals surface area contributed by atoms with Crippen molar-refractivity contribution in [2.75, 3.05) is 6.54 Å². The molecule has 3 saturated carbocycles. The Labute approximate surface area is 211 Å². The fourth-order valence-electron chi connectivity index (χ4n) is 10.5. The third kappa shape index (κ3) is 3.39. The van der Waals surface area contributed by atoms with Crippen LogP contribution in [0.2, 0.25) is 0 Å². The number of aromatic nitrogens is 3. The second kappa shape index (κ2) is 8.15. The van der Waals surface area contributed by atoms with Gasteiger partial charge < -0.3 is 10.1 Å². The van der Waals surface area contributed by atoms with Gasteiger partial charge in [0.05, 0.1) is 23.9 Å². The molecule has 4 aliphatic carbocycles. The van der Waals surface area contributed by atoms with E-state index >= 15 is 0 Å². The lowest BCUT2D eigenvalue weighted by molar-refractivity contribution is -0.0753. The molecule has 0 amide bonds. The van der Waals surface area contributed by atoms with Gasteiger partial charge >= 0.3 is 0 Å². The van der Waals surface area contributed by atoms with Crippen LogP contribution in [-0.2, 0) is 4.74 Å². The van der Waals surface area contributed by atoms with Crippen LogP contribution in [0.3, 0.4) is 0 Å². The Bertz CT molecular complexity index is 988. The van der Waals surface area contributed by atoms with Crippen molar-refractivity contribution in [3.8, 4) is 0 Å². The second-order valence-electron chi connectivity index (χ2n) is 14.0. The van der Waals surface area contributed by atoms with Crippen LogP contribution in [0.5, 0.6) is 0 Å². The van der Waals surface area contributed by atoms with Crippen LogP contribution in [0.4, 0.5) is 0 Å². The lowest BCUT2D eigenvalue weighted by Crippen LogP contribution is -2.48. The molecule has 7 rings (SSSR count). The highest BCUT2D eigenvalue weighted by Gasteiger charge is 2.59. The number of hydrogen-bond acceptors (Lipinski definition) is 4. The summed E-state index contributed by atoms with van der Waals surface area (Å²) in [5.41, 5.74) is 4.14. The van der Waals surface area contributed by atoms with E-state index in [2.05, 4.69) is 54.2 Å². The number of rotatable bonds is 1. The highest BCUT2D eigenvalue weighted by Crippen LogP contribution is 2.66. The molecule has 192 valence electrons. The molecule has 35 heavy (non-hydrogen) atoms. The fourth-order valence-corrected chi connectivity index (χ4v) is 10.5. The lowest BCUT2D eigenvalue weighted by Gasteiger charge is -2.54. The number of allylic oxidation sites excluding steroid dienone is 1. The first-order valence-electron chi connectivity index (χ1n) is 14.8. The molecule has 0 radical (unpaired) electrons. The smallest absolute Gasteiger partial charge is 0.0765 e. The van der Waals surface area contributed by atoms with Crippen molar-refractivity contribution < 1.29 is 4.74 Å². The highest BCUT2D eigenvalue weighted by molar-refractivity contribution is 5.29. The first-order chi connectivity index (χ1) is 16.9. The molecule has 5 nitrogen and oxygen atoms in total. The average Bonchev–Trinajstić information content (AvgIpc) is 3.53. The third-order valence-corrected chi connectivity index (χ3v) is 12.4. The molecule has 3 heterocycles. The summed E-state index contributed by atoms with van der Waals surface area (Å²) in [6.45, 7) is 11.2. The van der Waals surface area contributed by atoms with Gasteiger partial charge in [-0.1, -0.05) is 37.1 Å². The molecule has 0 bridgehead atoms. The predicted octanol–water partition coefficient (Wildman–Crippen LogP) is 5.94. The maximum absolute atomic E-state index is 7.07. The highest BCUT2D eigenvalue weighted by atomic mass is 16.5. The Balaban J connectivity index is 1.13. The van der Waals surface area contributed by atoms with E-state index in [1.54, 1.807) is 5.57 Å². The van der Waals surface area contributed by atoms with Gasteiger partial charge in [-0.05, 0) is 113 Å². The van der Waals surface area contributed by atoms with Crippen molar-refractivity contribution >= 4 is 0 Å². The maximum Gasteiger partial charge on any atom is 0.0765 e. The zero-order valence-electron chi connectivity index (χ0n) is 22.4. The van der Waals surface area contributed by atoms with E-state index in [0.717, 1.165) is 36.1 Å². The van der Waals surface area contributed by atoms with Crippen LogP contribution in [0, 0.1) is 40.9 Å². The minimum absolute atomic E-state index is 0.0697. The van der Waals surface area contributed by atoms with E-state index in [-0.39, 0.29) is 5.60 Å². The zero-order valence-corrected chi connectivity index (χ0v) is 22.4. The SMILES string of the molecule is CC1=C2C[C@H]3[C@@H](CC[C@@H]4C[C@H](n5ccnn5)CC[C@@]43C)[C@@H]2CC[C@@]2(C1)O[C@@H]1C[C@H](C)CN[C@H]1[C@H]2C. The Hall–Kier alpha value is -1.20. The molecule has 2 saturated heterocycles. The van der Waals surface area contributed by atoms with Crippen molar-refractivity contribution in [3.63, 3.8) is 0 Å². The summed E-state index contributed by atoms with van der Waals surface area (Å²) in [5, 5.41) is 12.3. The largest absolute Gasteiger partial charge is 0.369 e. The van der Waals surface area contributed by atoms with Gasteiger partial charge in [0, 0.05) is 18.2 Å². The molecule has 1 aromatic heterocycles. The van der Waals surface area contributed by atoms with Crippen molar-refractivity contribution in [2.24, 2.45) is 40.9 Å². The van der Waals surface area contributed by atoms with Crippen molar-refractivity contribution in [1.29, 1.82) is 0 Å². The first-order valence-corrected chi connectivity index (χ1v) is 14.8. The van der Waals surface area contributed by atoms with Crippen LogP contribution in [0.1, 0.15) is 97.9 Å². The molecule has 0 unspecified atom stereocenters. The van der Waals surface area contributed by atoms with Gasteiger partial charge in [-0.15, -0.1) is 5.10 Å². The Morgan fingerprint density at radius 2 is 2.00 bits per heavy atom. The van der Waals surface area contributed by atoms with Gasteiger partial charge in [-0.25, -0.2) is 4.68 Å². The van der Waals surface area contributed by atoms with Gasteiger partial charge in [0.2, 0.25) is 0 Å². The predicted molar refractivity (Wildman–Crippen MR) is 138 cm³/mol. The molecule has 6 aliphatic rings. The summed E-state index contributed by atoms with van der Waals surface area (Å²) in [7, 11) is 0. The number of piperidine rings is 1. The summed E-state index contributed by atoms with van der Waals surface area (Å²) in [6, 6.07) is 1.12. The van der Waals surface area contributed by atoms with Gasteiger partial charge in [0.25, 0.3) is 0 Å². The molecule has 0 aromatic carbocycles. The van der Waals surface area contributed by atoms with E-state index < -0.39 is 0 Å². The third-order valence-electron chi connectivity index (χ3n) is 12.4. The van der Waals surface area contributed by atoms with E-state index in [1.165, 1.54) is 64.2 Å². The second-order valence-corrected chi connectivity index (χ2v) is 14.0. The van der Waals surface area contributed by atoms with Crippen LogP contribution in [-0.4, -0.2) is 39.3 Å². The molecular weight excluding hydrogens is 432 g/mol. The average molecular weight is 479 g/mol. The van der Waals surface area contributed by atoms with Gasteiger partial charge in [-0.2, -0.15) is 0 Å². The molecular formula is C30H46N4O. The standard InChI is InChI=1S/C30H46N4O/c1-18-13-27-28(31-17-18)20(3)30(35-27)10-8-23-24-6-5-21-14-22(34-12-11-32-33-34)7-9-29(21,4)26(24)15-25(23)19(2)16-30/h11-12,18,20-24,26-28,31H,5-10,13-17H2,1-4H3/t18-,20+,21+,22+,23-,24-,26-,27+,28-,29-,30-/m0/s1. The Morgan fingerprint density at radius 3 is 2.83 bits per heavy atom. The topological polar surface area (TPSA) is 52.0 Å². The van der Waals surface area contributed by atoms with Crippen LogP contribution >= 0.6 is 0 Å². The van der Waals surface area contributed by atoms with E-state index in [4.69, 9.17) is 4.74 Å². The molecule has 5 fully saturated rings. The van der Waals surface area contributed by atoms with Gasteiger partial charge in [0.15, 0.2) is 0 Å². The molecule has 1 spiro atoms. The van der Waals surface area contributed by atoms with Crippen molar-refractivity contribution in [1.82, 2.24) is 20.3 Å². The summed E-state index contributed by atoms with van der Waals surface area (Å²) >= 11 is 0. The van der Waals surface area contributed by atoms with Crippen molar-refractivity contribution in [3.05, 3.63) is 23.5 Å². The van der Waals surface area contributed by atoms with E-state index in [1.807, 2.05) is 11.8 Å². The summed E-state index contributed by atoms with van der Waals surface area (Å²) in [4.78, 5) is 0. The van der Waals surface area contributed by atoms with Gasteiger partial charge in [0.1, 0.15) is 0 Å². The first kappa shape index (κ1) is 23.0. The number of ether oxygens (including phenoxy) is 1. The molecule has 1 N–H and O–H groups in total. The quantitative estimate of drug-likeness (QED) is 0.507. The minimum atomic E-state index is 0.0697. The van der Waals surface area contributed by atoms with Crippen LogP contribution < -0.4 is 5.32 Å². The number of fused-ring (bicyclic) bond motifs is 6. The normalized spacial score (nSPS) is 51.5. The zero-order chi connectivity index (χ0) is 23.9. The Kier molecular flexibility index (Phi) is 5.34. The fraction of sp³-hybridized carbons (Fsp3) is 0.867. The van der Waals surface area contributed by atoms with E-state index in [9.17, 15) is 0 Å². The summed E-state index contributed by atoms with van der Waals surface area (Å²) in [5.74, 6) is 4.79. The van der Waals surface area contributed by atoms with Gasteiger partial charge in [-0.3, -0.25) is 0 Å². The molecule has 5 heteroatoms. The lowest BCUT2D eigenvalue weighted by atomic mass is 9.52. The molecule has 2 aliphatic heterocycles. The maximum atomic E-state index is 7.07. The van der Waals surface area contributed by atoms with Crippen molar-refractivity contribution in [2.45, 2.75) is 116 Å². The van der Waals surface area contributed by atoms with Crippen LogP contribution in [0.25, 0.3) is 0 Å². The number of nitrogens with one attached hydrogen (secondary N) is 1. The molecule has 1 aromatic rings. The van der Waals surface area contributed by atoms with E-state index in [0.29, 0.717) is 29.5 Å². The van der Waals surface area contributed by atoms with Crippen LogP contribution in [0.15, 0.2) is 23.5 Å². The number of hydrogen-bond donors (Lipinski definition) is 1. The monoisotopic (exact) mass is 478 g/mol. The molecule has 11 atom stereocenters. The number of nitrogens with zero attached hydrogens (tertiary/aromatic N) is 3. The minimum Gasteiger partial charge on any atom is -0.369 e. The Morgan fingerprint density at radius 1 is 1.11 bits per heavy atom. The summed E-state index contributed by atoms with van der Waals surface area (Å²) in [6.07, 6.45) is 17.5. The summed E-state index contributed by atoms with van der Waals surface area (Å²) < 4.78 is 9.22.